The first-order chi connectivity index (χ1) is 15.0. The number of aromatic amines is 1. The smallest absolute Gasteiger partial charge is 0.338 e. The molecule has 0 unspecified atom stereocenters. The van der Waals surface area contributed by atoms with Crippen molar-refractivity contribution in [3.05, 3.63) is 83.4 Å². The van der Waals surface area contributed by atoms with Crippen molar-refractivity contribution in [2.75, 3.05) is 0 Å². The quantitative estimate of drug-likeness (QED) is 0.409. The third-order valence-corrected chi connectivity index (χ3v) is 5.70. The number of primary sulfonamides is 1. The summed E-state index contributed by atoms with van der Waals surface area (Å²) >= 11 is 0. The molecule has 3 N–H and O–H groups in total. The van der Waals surface area contributed by atoms with Gasteiger partial charge in [0, 0.05) is 5.56 Å². The van der Waals surface area contributed by atoms with Crippen molar-refractivity contribution in [3.8, 4) is 11.1 Å². The van der Waals surface area contributed by atoms with Crippen LogP contribution in [-0.2, 0) is 16.2 Å². The molecule has 0 atom stereocenters. The number of halogens is 4. The van der Waals surface area contributed by atoms with Gasteiger partial charge in [0.25, 0.3) is 0 Å². The highest BCUT2D eigenvalue weighted by atomic mass is 32.2. The Balaban J connectivity index is 1.66. The molecule has 0 saturated carbocycles. The van der Waals surface area contributed by atoms with E-state index in [0.29, 0.717) is 28.0 Å². The van der Waals surface area contributed by atoms with Gasteiger partial charge in [0.15, 0.2) is 0 Å². The lowest BCUT2D eigenvalue weighted by atomic mass is 10.0. The van der Waals surface area contributed by atoms with Gasteiger partial charge in [-0.05, 0) is 59.7 Å². The Morgan fingerprint density at radius 2 is 1.66 bits per heavy atom. The van der Waals surface area contributed by atoms with Crippen molar-refractivity contribution < 1.29 is 26.0 Å². The van der Waals surface area contributed by atoms with E-state index in [1.54, 1.807) is 30.4 Å². The molecule has 0 aliphatic carbocycles. The van der Waals surface area contributed by atoms with Crippen LogP contribution < -0.4 is 5.14 Å². The van der Waals surface area contributed by atoms with E-state index in [4.69, 9.17) is 5.14 Å². The SMILES string of the molecule is NS(=O)(=O)c1ccc(F)cc1-c1ccc2[nH]c(C=Cc3ccc(C(F)(F)F)cc3)nc2c1. The van der Waals surface area contributed by atoms with Gasteiger partial charge in [0.05, 0.1) is 21.5 Å². The van der Waals surface area contributed by atoms with Crippen LogP contribution >= 0.6 is 0 Å². The molecule has 0 aliphatic heterocycles. The molecular formula is C22H15F4N3O2S. The second kappa shape index (κ2) is 7.88. The fourth-order valence-corrected chi connectivity index (χ4v) is 3.95. The highest BCUT2D eigenvalue weighted by Gasteiger charge is 2.29. The second-order valence-corrected chi connectivity index (χ2v) is 8.52. The molecule has 32 heavy (non-hydrogen) atoms. The topological polar surface area (TPSA) is 88.8 Å². The number of hydrogen-bond acceptors (Lipinski definition) is 3. The van der Waals surface area contributed by atoms with E-state index in [-0.39, 0.29) is 10.5 Å². The van der Waals surface area contributed by atoms with Gasteiger partial charge >= 0.3 is 6.18 Å². The fourth-order valence-electron chi connectivity index (χ4n) is 3.21. The van der Waals surface area contributed by atoms with Crippen LogP contribution in [0.4, 0.5) is 17.6 Å². The molecule has 4 rings (SSSR count). The van der Waals surface area contributed by atoms with E-state index in [2.05, 4.69) is 9.97 Å². The molecule has 0 amide bonds. The lowest BCUT2D eigenvalue weighted by molar-refractivity contribution is -0.137. The molecule has 4 aromatic rings. The van der Waals surface area contributed by atoms with Gasteiger partial charge in [-0.1, -0.05) is 24.3 Å². The number of imidazole rings is 1. The summed E-state index contributed by atoms with van der Waals surface area (Å²) in [7, 11) is -4.07. The average Bonchev–Trinajstić information content (AvgIpc) is 3.13. The molecule has 0 radical (unpaired) electrons. The standard InChI is InChI=1S/C22H15F4N3O2S/c23-16-7-9-20(32(27,30)31)17(12-16)14-4-8-18-19(11-14)29-21(28-18)10-3-13-1-5-15(6-2-13)22(24,25)26/h1-12H,(H,28,29)(H2,27,30,31). The van der Waals surface area contributed by atoms with Crippen molar-refractivity contribution in [2.24, 2.45) is 5.14 Å². The minimum Gasteiger partial charge on any atom is -0.338 e. The van der Waals surface area contributed by atoms with E-state index in [0.717, 1.165) is 30.3 Å². The summed E-state index contributed by atoms with van der Waals surface area (Å²) in [4.78, 5) is 7.22. The number of aromatic nitrogens is 2. The molecule has 5 nitrogen and oxygen atoms in total. The van der Waals surface area contributed by atoms with E-state index < -0.39 is 27.6 Å². The van der Waals surface area contributed by atoms with Crippen LogP contribution in [-0.4, -0.2) is 18.4 Å². The largest absolute Gasteiger partial charge is 0.416 e. The van der Waals surface area contributed by atoms with Crippen LogP contribution in [0.3, 0.4) is 0 Å². The monoisotopic (exact) mass is 461 g/mol. The number of nitrogens with two attached hydrogens (primary N) is 1. The molecule has 0 spiro atoms. The highest BCUT2D eigenvalue weighted by molar-refractivity contribution is 7.89. The molecular weight excluding hydrogens is 446 g/mol. The number of fused-ring (bicyclic) bond motifs is 1. The number of nitrogens with zero attached hydrogens (tertiary/aromatic N) is 1. The Bertz CT molecular complexity index is 1440. The Labute approximate surface area is 180 Å². The summed E-state index contributed by atoms with van der Waals surface area (Å²) in [5.74, 6) is -0.183. The lowest BCUT2D eigenvalue weighted by Gasteiger charge is -2.08. The van der Waals surface area contributed by atoms with E-state index >= 15 is 0 Å². The minimum atomic E-state index is -4.40. The summed E-state index contributed by atoms with van der Waals surface area (Å²) < 4.78 is 75.5. The Morgan fingerprint density at radius 3 is 2.31 bits per heavy atom. The first kappa shape index (κ1) is 21.7. The summed E-state index contributed by atoms with van der Waals surface area (Å²) in [6.45, 7) is 0. The number of nitrogens with one attached hydrogen (secondary N) is 1. The second-order valence-electron chi connectivity index (χ2n) is 6.99. The van der Waals surface area contributed by atoms with Crippen LogP contribution in [0.2, 0.25) is 0 Å². The third-order valence-electron chi connectivity index (χ3n) is 4.73. The molecule has 3 aromatic carbocycles. The van der Waals surface area contributed by atoms with Crippen LogP contribution in [0.1, 0.15) is 17.0 Å². The number of alkyl halides is 3. The number of sulfonamides is 1. The maximum atomic E-state index is 13.8. The van der Waals surface area contributed by atoms with Gasteiger partial charge < -0.3 is 4.98 Å². The Kier molecular flexibility index (Phi) is 5.35. The van der Waals surface area contributed by atoms with Crippen molar-refractivity contribution in [3.63, 3.8) is 0 Å². The predicted molar refractivity (Wildman–Crippen MR) is 113 cm³/mol. The van der Waals surface area contributed by atoms with Crippen LogP contribution in [0.15, 0.2) is 65.6 Å². The normalized spacial score (nSPS) is 12.7. The van der Waals surface area contributed by atoms with Crippen LogP contribution in [0.25, 0.3) is 34.3 Å². The first-order valence-corrected chi connectivity index (χ1v) is 10.7. The van der Waals surface area contributed by atoms with Crippen LogP contribution in [0.5, 0.6) is 0 Å². The van der Waals surface area contributed by atoms with E-state index in [1.165, 1.54) is 12.1 Å². The maximum Gasteiger partial charge on any atom is 0.416 e. The molecule has 1 aromatic heterocycles. The number of benzene rings is 3. The molecule has 1 heterocycles. The highest BCUT2D eigenvalue weighted by Crippen LogP contribution is 2.31. The summed E-state index contributed by atoms with van der Waals surface area (Å²) in [6.07, 6.45) is -1.20. The fraction of sp³-hybridized carbons (Fsp3) is 0.0455. The van der Waals surface area contributed by atoms with Gasteiger partial charge in [-0.2, -0.15) is 13.2 Å². The van der Waals surface area contributed by atoms with E-state index in [9.17, 15) is 26.0 Å². The van der Waals surface area contributed by atoms with Gasteiger partial charge in [-0.25, -0.2) is 22.9 Å². The number of H-pyrrole nitrogens is 1. The lowest BCUT2D eigenvalue weighted by Crippen LogP contribution is -2.13. The summed E-state index contributed by atoms with van der Waals surface area (Å²) in [5, 5.41) is 5.25. The number of hydrogen-bond donors (Lipinski definition) is 2. The van der Waals surface area contributed by atoms with Gasteiger partial charge in [0.2, 0.25) is 10.0 Å². The molecule has 0 bridgehead atoms. The zero-order valence-corrected chi connectivity index (χ0v) is 17.0. The van der Waals surface area contributed by atoms with Gasteiger partial charge in [-0.15, -0.1) is 0 Å². The van der Waals surface area contributed by atoms with Gasteiger partial charge in [-0.3, -0.25) is 0 Å². The van der Waals surface area contributed by atoms with E-state index in [1.807, 2.05) is 0 Å². The third kappa shape index (κ3) is 4.56. The van der Waals surface area contributed by atoms with Crippen molar-refractivity contribution in [1.29, 1.82) is 0 Å². The minimum absolute atomic E-state index is 0.110. The zero-order valence-electron chi connectivity index (χ0n) is 16.2. The van der Waals surface area contributed by atoms with Gasteiger partial charge in [0.1, 0.15) is 11.6 Å². The van der Waals surface area contributed by atoms with Crippen molar-refractivity contribution in [1.82, 2.24) is 9.97 Å². The summed E-state index contributed by atoms with van der Waals surface area (Å²) in [6, 6.07) is 12.7. The predicted octanol–water partition coefficient (Wildman–Crippen LogP) is 5.21. The van der Waals surface area contributed by atoms with Crippen molar-refractivity contribution >= 4 is 33.2 Å². The first-order valence-electron chi connectivity index (χ1n) is 9.18. The summed E-state index contributed by atoms with van der Waals surface area (Å²) in [5.41, 5.74) is 1.46. The van der Waals surface area contributed by atoms with Crippen LogP contribution in [0, 0.1) is 5.82 Å². The number of rotatable bonds is 4. The maximum absolute atomic E-state index is 13.8. The Morgan fingerprint density at radius 1 is 0.938 bits per heavy atom. The molecule has 10 heteroatoms. The Hall–Kier alpha value is -3.50. The molecule has 0 saturated heterocycles. The average molecular weight is 461 g/mol. The molecule has 164 valence electrons. The van der Waals surface area contributed by atoms with Crippen molar-refractivity contribution in [2.45, 2.75) is 11.1 Å². The molecule has 0 aliphatic rings. The molecule has 0 fully saturated rings. The zero-order chi connectivity index (χ0) is 23.1.